The van der Waals surface area contributed by atoms with Crippen LogP contribution in [-0.4, -0.2) is 11.8 Å². The number of ether oxygens (including phenoxy) is 1. The lowest BCUT2D eigenvalue weighted by atomic mass is 9.96. The summed E-state index contributed by atoms with van der Waals surface area (Å²) in [6, 6.07) is 4.31. The van der Waals surface area contributed by atoms with Gasteiger partial charge in [-0.3, -0.25) is 0 Å². The third-order valence-corrected chi connectivity index (χ3v) is 3.29. The summed E-state index contributed by atoms with van der Waals surface area (Å²) in [6.45, 7) is -0.632. The summed E-state index contributed by atoms with van der Waals surface area (Å²) in [6.07, 6.45) is 0. The van der Waals surface area contributed by atoms with Crippen LogP contribution in [0.25, 0.3) is 0 Å². The van der Waals surface area contributed by atoms with Crippen LogP contribution in [0.3, 0.4) is 0 Å². The van der Waals surface area contributed by atoms with Crippen molar-refractivity contribution >= 4 is 23.2 Å². The van der Waals surface area contributed by atoms with Crippen molar-refractivity contribution in [1.82, 2.24) is 0 Å². The highest BCUT2D eigenvalue weighted by molar-refractivity contribution is 6.35. The van der Waals surface area contributed by atoms with E-state index in [4.69, 9.17) is 23.2 Å². The molecule has 0 aliphatic heterocycles. The van der Waals surface area contributed by atoms with Crippen LogP contribution in [0, 0.1) is 0 Å². The highest BCUT2D eigenvalue weighted by Gasteiger charge is 2.74. The van der Waals surface area contributed by atoms with Crippen molar-refractivity contribution in [1.29, 1.82) is 0 Å². The highest BCUT2D eigenvalue weighted by atomic mass is 35.5. The van der Waals surface area contributed by atoms with Crippen molar-refractivity contribution in [3.63, 3.8) is 0 Å². The predicted octanol–water partition coefficient (Wildman–Crippen LogP) is 4.98. The number of alkyl halides is 4. The molecule has 8 heteroatoms. The first-order chi connectivity index (χ1) is 8.69. The van der Waals surface area contributed by atoms with E-state index in [1.54, 1.807) is 0 Å². The molecule has 0 aromatic heterocycles. The molecule has 0 atom stereocenters. The Morgan fingerprint density at radius 2 is 1.53 bits per heavy atom. The van der Waals surface area contributed by atoms with Gasteiger partial charge in [0.2, 0.25) is 11.6 Å². The molecule has 0 unspecified atom stereocenters. The third-order valence-electron chi connectivity index (χ3n) is 2.58. The van der Waals surface area contributed by atoms with E-state index in [9.17, 15) is 22.0 Å². The van der Waals surface area contributed by atoms with Crippen molar-refractivity contribution in [2.75, 3.05) is 0 Å². The number of rotatable bonds is 3. The van der Waals surface area contributed by atoms with Gasteiger partial charge in [-0.2, -0.15) is 17.6 Å². The smallest absolute Gasteiger partial charge is 0.375 e. The van der Waals surface area contributed by atoms with Crippen LogP contribution in [0.1, 0.15) is 5.56 Å². The maximum atomic E-state index is 12.9. The Labute approximate surface area is 114 Å². The molecule has 2 rings (SSSR count). The summed E-state index contributed by atoms with van der Waals surface area (Å²) in [4.78, 5) is 0. The zero-order valence-electron chi connectivity index (χ0n) is 8.99. The van der Waals surface area contributed by atoms with Gasteiger partial charge in [-0.15, -0.1) is 0 Å². The molecule has 1 aliphatic carbocycles. The van der Waals surface area contributed by atoms with Crippen LogP contribution < -0.4 is 0 Å². The highest BCUT2D eigenvalue weighted by Crippen LogP contribution is 2.56. The first kappa shape index (κ1) is 14.4. The first-order valence-electron chi connectivity index (χ1n) is 4.91. The summed E-state index contributed by atoms with van der Waals surface area (Å²) < 4.78 is 68.1. The summed E-state index contributed by atoms with van der Waals surface area (Å²) >= 11 is 11.5. The number of allylic oxidation sites excluding steroid dienone is 2. The van der Waals surface area contributed by atoms with Gasteiger partial charge in [-0.05, 0) is 12.1 Å². The van der Waals surface area contributed by atoms with Gasteiger partial charge in [0.15, 0.2) is 0 Å². The molecule has 0 fully saturated rings. The topological polar surface area (TPSA) is 9.23 Å². The summed E-state index contributed by atoms with van der Waals surface area (Å²) in [7, 11) is 0. The molecule has 1 aromatic carbocycles. The molecule has 1 aliphatic rings. The van der Waals surface area contributed by atoms with E-state index in [1.165, 1.54) is 18.2 Å². The Kier molecular flexibility index (Phi) is 3.43. The van der Waals surface area contributed by atoms with Crippen LogP contribution in [-0.2, 0) is 11.3 Å². The minimum atomic E-state index is -4.83. The second-order valence-electron chi connectivity index (χ2n) is 3.78. The van der Waals surface area contributed by atoms with Crippen LogP contribution in [0.4, 0.5) is 22.0 Å². The molecule has 0 heterocycles. The minimum absolute atomic E-state index is 0.0999. The molecular formula is C11H5Cl2F5O. The number of halogens is 7. The van der Waals surface area contributed by atoms with E-state index in [2.05, 4.69) is 4.74 Å². The molecule has 0 radical (unpaired) electrons. The molecule has 1 nitrogen and oxygen atoms in total. The predicted molar refractivity (Wildman–Crippen MR) is 59.3 cm³/mol. The van der Waals surface area contributed by atoms with Crippen molar-refractivity contribution < 1.29 is 26.7 Å². The third kappa shape index (κ3) is 2.07. The molecule has 0 N–H and O–H groups in total. The zero-order chi connectivity index (χ0) is 14.4. The van der Waals surface area contributed by atoms with E-state index >= 15 is 0 Å². The Morgan fingerprint density at radius 3 is 2.00 bits per heavy atom. The zero-order valence-corrected chi connectivity index (χ0v) is 10.5. The molecule has 0 bridgehead atoms. The normalized spacial score (nSPS) is 20.2. The lowest BCUT2D eigenvalue weighted by molar-refractivity contribution is -0.233. The standard InChI is InChI=1S/C11H5Cl2F5O/c12-6-2-1-3-7(13)5(6)4-19-9-8(14)10(15,16)11(9,17)18/h1-3H,4H2. The van der Waals surface area contributed by atoms with Crippen molar-refractivity contribution in [2.24, 2.45) is 0 Å². The first-order valence-corrected chi connectivity index (χ1v) is 5.67. The van der Waals surface area contributed by atoms with Gasteiger partial charge in [0, 0.05) is 15.6 Å². The Morgan fingerprint density at radius 1 is 1.00 bits per heavy atom. The van der Waals surface area contributed by atoms with Crippen molar-refractivity contribution in [3.05, 3.63) is 45.4 Å². The Balaban J connectivity index is 2.20. The number of hydrogen-bond acceptors (Lipinski definition) is 1. The average molecular weight is 319 g/mol. The van der Waals surface area contributed by atoms with Gasteiger partial charge in [0.05, 0.1) is 0 Å². The summed E-state index contributed by atoms with van der Waals surface area (Å²) in [5.74, 6) is -13.5. The molecule has 1 aromatic rings. The van der Waals surface area contributed by atoms with Crippen LogP contribution in [0.15, 0.2) is 29.8 Å². The van der Waals surface area contributed by atoms with E-state index in [0.29, 0.717) is 0 Å². The fourth-order valence-electron chi connectivity index (χ4n) is 1.47. The molecule has 0 saturated heterocycles. The second-order valence-corrected chi connectivity index (χ2v) is 4.60. The monoisotopic (exact) mass is 318 g/mol. The maximum Gasteiger partial charge on any atom is 0.375 e. The molecule has 19 heavy (non-hydrogen) atoms. The van der Waals surface area contributed by atoms with Gasteiger partial charge >= 0.3 is 11.8 Å². The largest absolute Gasteiger partial charge is 0.484 e. The van der Waals surface area contributed by atoms with Crippen LogP contribution in [0.5, 0.6) is 0 Å². The summed E-state index contributed by atoms with van der Waals surface area (Å²) in [5, 5.41) is 0.200. The Hall–Kier alpha value is -1.01. The van der Waals surface area contributed by atoms with Crippen molar-refractivity contribution in [2.45, 2.75) is 18.5 Å². The lowest BCUT2D eigenvalue weighted by Crippen LogP contribution is -2.53. The second kappa shape index (κ2) is 4.52. The fourth-order valence-corrected chi connectivity index (χ4v) is 1.97. The summed E-state index contributed by atoms with van der Waals surface area (Å²) in [5.41, 5.74) is 0.108. The maximum absolute atomic E-state index is 12.9. The lowest BCUT2D eigenvalue weighted by Gasteiger charge is -2.35. The van der Waals surface area contributed by atoms with E-state index < -0.39 is 30.0 Å². The average Bonchev–Trinajstić information content (AvgIpc) is 2.31. The van der Waals surface area contributed by atoms with Gasteiger partial charge < -0.3 is 4.74 Å². The van der Waals surface area contributed by atoms with Gasteiger partial charge in [-0.25, -0.2) is 4.39 Å². The van der Waals surface area contributed by atoms with E-state index in [1.807, 2.05) is 0 Å². The number of benzene rings is 1. The van der Waals surface area contributed by atoms with Gasteiger partial charge in [-0.1, -0.05) is 29.3 Å². The van der Waals surface area contributed by atoms with E-state index in [0.717, 1.165) is 0 Å². The minimum Gasteiger partial charge on any atom is -0.484 e. The molecule has 104 valence electrons. The van der Waals surface area contributed by atoms with Gasteiger partial charge in [0.1, 0.15) is 6.61 Å². The van der Waals surface area contributed by atoms with Crippen LogP contribution >= 0.6 is 23.2 Å². The Bertz CT molecular complexity index is 536. The van der Waals surface area contributed by atoms with Crippen LogP contribution in [0.2, 0.25) is 10.0 Å². The SMILES string of the molecule is FC1=C(OCc2c(Cl)cccc2Cl)C(F)(F)C1(F)F. The molecular weight excluding hydrogens is 314 g/mol. The fraction of sp³-hybridized carbons (Fsp3) is 0.273. The molecule has 0 amide bonds. The number of hydrogen-bond donors (Lipinski definition) is 0. The van der Waals surface area contributed by atoms with Crippen molar-refractivity contribution in [3.8, 4) is 0 Å². The van der Waals surface area contributed by atoms with Gasteiger partial charge in [0.25, 0.3) is 0 Å². The molecule has 0 saturated carbocycles. The molecule has 0 spiro atoms. The quantitative estimate of drug-likeness (QED) is 0.714. The van der Waals surface area contributed by atoms with E-state index in [-0.39, 0.29) is 15.6 Å².